The summed E-state index contributed by atoms with van der Waals surface area (Å²) >= 11 is 0. The monoisotopic (exact) mass is 1220 g/mol. The van der Waals surface area contributed by atoms with Gasteiger partial charge in [0, 0.05) is 92.8 Å². The zero-order valence-corrected chi connectivity index (χ0v) is 54.6. The van der Waals surface area contributed by atoms with E-state index in [1.165, 1.54) is 0 Å². The van der Waals surface area contributed by atoms with Crippen LogP contribution in [0.2, 0.25) is 0 Å². The molecule has 12 rings (SSSR count). The van der Waals surface area contributed by atoms with E-state index in [-0.39, 0.29) is 0 Å². The van der Waals surface area contributed by atoms with Gasteiger partial charge >= 0.3 is 0 Å². The van der Waals surface area contributed by atoms with E-state index in [2.05, 4.69) is 298 Å². The summed E-state index contributed by atoms with van der Waals surface area (Å²) in [5.74, 6) is 1.36. The van der Waals surface area contributed by atoms with E-state index in [0.29, 0.717) is 23.7 Å². The van der Waals surface area contributed by atoms with Gasteiger partial charge in [0.15, 0.2) is 0 Å². The summed E-state index contributed by atoms with van der Waals surface area (Å²) in [5, 5.41) is 8.47. The molecule has 0 N–H and O–H groups in total. The lowest BCUT2D eigenvalue weighted by Gasteiger charge is -2.19. The van der Waals surface area contributed by atoms with Crippen molar-refractivity contribution < 1.29 is 0 Å². The number of hydrogen-bond acceptors (Lipinski definition) is 8. The Hall–Kier alpha value is -11.2. The van der Waals surface area contributed by atoms with E-state index in [1.54, 1.807) is 0 Å². The summed E-state index contributed by atoms with van der Waals surface area (Å²) in [6.45, 7) is 17.1. The van der Waals surface area contributed by atoms with Crippen LogP contribution in [0.4, 0.5) is 45.5 Å². The van der Waals surface area contributed by atoms with Crippen molar-refractivity contribution in [3.05, 3.63) is 287 Å². The van der Waals surface area contributed by atoms with Gasteiger partial charge < -0.3 is 0 Å². The molecule has 0 fully saturated rings. The number of aliphatic imine (C=N–C) groups is 8. The molecule has 0 spiro atoms. The molecule has 0 saturated carbocycles. The fourth-order valence-electron chi connectivity index (χ4n) is 11.4. The lowest BCUT2D eigenvalue weighted by atomic mass is 9.85. The highest BCUT2D eigenvalue weighted by atomic mass is 14.8. The highest BCUT2D eigenvalue weighted by Gasteiger charge is 2.18. The summed E-state index contributed by atoms with van der Waals surface area (Å²) in [5.41, 5.74) is 17.4. The molecule has 12 aromatic rings. The highest BCUT2D eigenvalue weighted by Crippen LogP contribution is 2.40. The first kappa shape index (κ1) is 63.0. The van der Waals surface area contributed by atoms with E-state index in [9.17, 15) is 0 Å². The predicted molar refractivity (Wildman–Crippen MR) is 408 cm³/mol. The van der Waals surface area contributed by atoms with Crippen molar-refractivity contribution in [1.29, 1.82) is 0 Å². The van der Waals surface area contributed by atoms with Gasteiger partial charge in [-0.05, 0) is 128 Å². The highest BCUT2D eigenvalue weighted by molar-refractivity contribution is 6.08. The van der Waals surface area contributed by atoms with Crippen molar-refractivity contribution in [3.63, 3.8) is 0 Å². The molecule has 0 aliphatic rings. The molecular formula is C86H76N8. The second-order valence-electron chi connectivity index (χ2n) is 25.0. The van der Waals surface area contributed by atoms with Gasteiger partial charge in [0.05, 0.1) is 45.5 Å². The van der Waals surface area contributed by atoms with Gasteiger partial charge in [-0.2, -0.15) is 0 Å². The molecule has 0 aliphatic carbocycles. The minimum atomic E-state index is 0.339. The van der Waals surface area contributed by atoms with Crippen LogP contribution in [0.1, 0.15) is 99.9 Å². The fourth-order valence-corrected chi connectivity index (χ4v) is 11.4. The van der Waals surface area contributed by atoms with Gasteiger partial charge in [-0.1, -0.05) is 250 Å². The Morgan fingerprint density at radius 3 is 0.521 bits per heavy atom. The summed E-state index contributed by atoms with van der Waals surface area (Å²) in [6, 6.07) is 84.8. The van der Waals surface area contributed by atoms with E-state index in [1.807, 2.05) is 49.7 Å². The molecule has 0 radical (unpaired) electrons. The van der Waals surface area contributed by atoms with Gasteiger partial charge in [-0.25, -0.2) is 0 Å². The van der Waals surface area contributed by atoms with Crippen molar-refractivity contribution in [2.45, 2.75) is 55.4 Å². The molecule has 460 valence electrons. The van der Waals surface area contributed by atoms with Crippen LogP contribution in [0.15, 0.2) is 283 Å². The molecule has 0 saturated heterocycles. The van der Waals surface area contributed by atoms with Crippen LogP contribution in [0.3, 0.4) is 0 Å². The van der Waals surface area contributed by atoms with Crippen molar-refractivity contribution in [2.75, 3.05) is 0 Å². The molecule has 0 bridgehead atoms. The Morgan fingerprint density at radius 2 is 0.362 bits per heavy atom. The Kier molecular flexibility index (Phi) is 19.7. The van der Waals surface area contributed by atoms with Gasteiger partial charge in [0.1, 0.15) is 0 Å². The van der Waals surface area contributed by atoms with E-state index < -0.39 is 0 Å². The summed E-state index contributed by atoms with van der Waals surface area (Å²) in [6.07, 6.45) is 15.8. The minimum Gasteiger partial charge on any atom is -0.260 e. The average molecular weight is 1220 g/mol. The minimum absolute atomic E-state index is 0.339. The van der Waals surface area contributed by atoms with Gasteiger partial charge in [-0.3, -0.25) is 39.9 Å². The Balaban J connectivity index is 0.965. The topological polar surface area (TPSA) is 98.9 Å². The van der Waals surface area contributed by atoms with Crippen molar-refractivity contribution >= 4 is 149 Å². The molecule has 94 heavy (non-hydrogen) atoms. The number of hydrogen-bond donors (Lipinski definition) is 0. The second-order valence-corrected chi connectivity index (χ2v) is 25.0. The Morgan fingerprint density at radius 1 is 0.202 bits per heavy atom. The third-order valence-electron chi connectivity index (χ3n) is 16.0. The zero-order valence-electron chi connectivity index (χ0n) is 54.6. The molecule has 8 heteroatoms. The first-order chi connectivity index (χ1) is 45.9. The van der Waals surface area contributed by atoms with Crippen LogP contribution in [-0.4, -0.2) is 49.7 Å². The van der Waals surface area contributed by atoms with Crippen molar-refractivity contribution in [1.82, 2.24) is 0 Å². The van der Waals surface area contributed by atoms with Crippen LogP contribution >= 0.6 is 0 Å². The third-order valence-corrected chi connectivity index (χ3v) is 16.0. The van der Waals surface area contributed by atoms with Gasteiger partial charge in [0.25, 0.3) is 0 Å². The third kappa shape index (κ3) is 15.1. The maximum atomic E-state index is 5.10. The van der Waals surface area contributed by atoms with Gasteiger partial charge in [-0.15, -0.1) is 0 Å². The molecule has 0 atom stereocenters. The predicted octanol–water partition coefficient (Wildman–Crippen LogP) is 23.7. The normalized spacial score (nSPS) is 12.5. The number of rotatable bonds is 20. The van der Waals surface area contributed by atoms with Crippen molar-refractivity contribution in [3.8, 4) is 0 Å². The largest absolute Gasteiger partial charge is 0.260 e. The first-order valence-electron chi connectivity index (χ1n) is 32.4. The van der Waals surface area contributed by atoms with Gasteiger partial charge in [0.2, 0.25) is 0 Å². The van der Waals surface area contributed by atoms with Crippen molar-refractivity contribution in [2.24, 2.45) is 63.6 Å². The van der Waals surface area contributed by atoms with Crippen LogP contribution in [-0.2, 0) is 0 Å². The molecule has 0 aromatic heterocycles. The average Bonchev–Trinajstić information content (AvgIpc) is 0.820. The maximum absolute atomic E-state index is 5.10. The lowest BCUT2D eigenvalue weighted by Crippen LogP contribution is -1.99. The van der Waals surface area contributed by atoms with Crippen LogP contribution in [0.5, 0.6) is 0 Å². The first-order valence-corrected chi connectivity index (χ1v) is 32.4. The van der Waals surface area contributed by atoms with Crippen LogP contribution in [0.25, 0.3) is 54.2 Å². The quantitative estimate of drug-likeness (QED) is 0.0536. The van der Waals surface area contributed by atoms with Crippen LogP contribution < -0.4 is 0 Å². The maximum Gasteiger partial charge on any atom is 0.0709 e. The summed E-state index contributed by atoms with van der Waals surface area (Å²) < 4.78 is 0. The molecule has 0 unspecified atom stereocenters. The van der Waals surface area contributed by atoms with E-state index in [4.69, 9.17) is 39.9 Å². The Bertz CT molecular complexity index is 4350. The molecule has 0 heterocycles. The zero-order chi connectivity index (χ0) is 64.9. The summed E-state index contributed by atoms with van der Waals surface area (Å²) in [4.78, 5) is 39.7. The molecule has 12 aromatic carbocycles. The summed E-state index contributed by atoms with van der Waals surface area (Å²) in [7, 11) is 0. The van der Waals surface area contributed by atoms with E-state index >= 15 is 0 Å². The van der Waals surface area contributed by atoms with E-state index in [0.717, 1.165) is 144 Å². The molecule has 8 nitrogen and oxygen atoms in total. The second kappa shape index (κ2) is 29.4. The van der Waals surface area contributed by atoms with Crippen LogP contribution in [0, 0.1) is 23.7 Å². The standard InChI is InChI=1S/C86H76N8/c1-57(2)49-87-77-25-9-21-73-69(77)17-13-29-81(73)91-53-61-33-41-65(42-34-61)85(66-43-35-62(36-44-66)54-92-82-30-14-18-70-74(82)22-10-26-78(70)88-50-58(3)4)86(67-45-37-63(38-46-67)55-93-83-31-15-19-71-75(83)23-11-27-79(71)89-51-59(5)6)68-47-39-64(40-48-68)56-94-84-32-16-20-72-76(84)24-12-28-80(72)90-52-60(7)8/h9-60H,1-8H3. The molecule has 0 aliphatic heterocycles. The Labute approximate surface area is 552 Å². The lowest BCUT2D eigenvalue weighted by molar-refractivity contribution is 0.908. The number of fused-ring (bicyclic) bond motifs is 4. The number of benzene rings is 12. The smallest absolute Gasteiger partial charge is 0.0709 e. The molecule has 0 amide bonds. The fraction of sp³-hybridized carbons (Fsp3) is 0.140. The molecular weight excluding hydrogens is 1150 g/mol. The SMILES string of the molecule is CC(C)C=Nc1cccc2c(N=Cc3ccc(C(=C(c4ccc(C=Nc5cccc6c(N=CC(C)C)cccc56)cc4)c4ccc(C=Nc5cccc6c(N=CC(C)C)cccc56)cc4)c4ccc(C=Nc5cccc6c(N=CC(C)C)cccc56)cc4)cc3)cccc12. The number of nitrogens with zero attached hydrogens (tertiary/aromatic N) is 8.